The van der Waals surface area contributed by atoms with Gasteiger partial charge in [0.25, 0.3) is 0 Å². The van der Waals surface area contributed by atoms with Gasteiger partial charge in [-0.25, -0.2) is 0 Å². The molecule has 0 bridgehead atoms. The number of thioether (sulfide) groups is 1. The molecule has 114 valence electrons. The molecule has 1 saturated carbocycles. The van der Waals surface area contributed by atoms with E-state index in [9.17, 15) is 4.79 Å². The Balaban J connectivity index is 1.41. The summed E-state index contributed by atoms with van der Waals surface area (Å²) < 4.78 is 0. The van der Waals surface area contributed by atoms with E-state index in [4.69, 9.17) is 11.6 Å². The van der Waals surface area contributed by atoms with Crippen LogP contribution < -0.4 is 5.32 Å². The average Bonchev–Trinajstić information content (AvgIpc) is 3.27. The van der Waals surface area contributed by atoms with Crippen molar-refractivity contribution >= 4 is 29.3 Å². The minimum absolute atomic E-state index is 0.0838. The van der Waals surface area contributed by atoms with Crippen LogP contribution in [0.3, 0.4) is 0 Å². The average molecular weight is 333 g/mol. The second-order valence-corrected chi connectivity index (χ2v) is 6.74. The van der Waals surface area contributed by atoms with Crippen molar-refractivity contribution in [1.29, 1.82) is 0 Å². The predicted octanol–water partition coefficient (Wildman–Crippen LogP) is 3.64. The van der Waals surface area contributed by atoms with Gasteiger partial charge in [0, 0.05) is 28.9 Å². The van der Waals surface area contributed by atoms with Crippen LogP contribution in [0.4, 0.5) is 0 Å². The Kier molecular flexibility index (Phi) is 5.01. The van der Waals surface area contributed by atoms with Gasteiger partial charge in [0.2, 0.25) is 5.91 Å². The molecule has 0 spiro atoms. The third-order valence-electron chi connectivity index (χ3n) is 3.65. The molecule has 3 nitrogen and oxygen atoms in total. The van der Waals surface area contributed by atoms with E-state index in [1.165, 1.54) is 0 Å². The minimum atomic E-state index is 0.0838. The third kappa shape index (κ3) is 4.02. The Morgan fingerprint density at radius 2 is 2.09 bits per heavy atom. The Morgan fingerprint density at radius 1 is 1.27 bits per heavy atom. The SMILES string of the molecule is O=C(CSCc1ccccn1)NC1CC1c1ccccc1Cl. The number of nitrogens with one attached hydrogen (secondary N) is 1. The highest BCUT2D eigenvalue weighted by Gasteiger charge is 2.40. The van der Waals surface area contributed by atoms with Crippen LogP contribution >= 0.6 is 23.4 Å². The highest BCUT2D eigenvalue weighted by molar-refractivity contribution is 7.99. The number of hydrogen-bond acceptors (Lipinski definition) is 3. The first-order valence-electron chi connectivity index (χ1n) is 7.25. The van der Waals surface area contributed by atoms with Gasteiger partial charge in [-0.2, -0.15) is 0 Å². The predicted molar refractivity (Wildman–Crippen MR) is 91.1 cm³/mol. The summed E-state index contributed by atoms with van der Waals surface area (Å²) in [6.07, 6.45) is 2.74. The van der Waals surface area contributed by atoms with Crippen molar-refractivity contribution in [3.8, 4) is 0 Å². The Hall–Kier alpha value is -1.52. The molecule has 1 aliphatic rings. The molecular weight excluding hydrogens is 316 g/mol. The molecule has 1 aliphatic carbocycles. The lowest BCUT2D eigenvalue weighted by molar-refractivity contribution is -0.118. The molecule has 2 atom stereocenters. The molecular formula is C17H17ClN2OS. The van der Waals surface area contributed by atoms with E-state index >= 15 is 0 Å². The van der Waals surface area contributed by atoms with Gasteiger partial charge in [0.1, 0.15) is 0 Å². The molecule has 3 rings (SSSR count). The zero-order valence-corrected chi connectivity index (χ0v) is 13.6. The molecule has 1 heterocycles. The van der Waals surface area contributed by atoms with E-state index < -0.39 is 0 Å². The van der Waals surface area contributed by atoms with Crippen LogP contribution in [0.5, 0.6) is 0 Å². The van der Waals surface area contributed by atoms with E-state index in [0.717, 1.165) is 28.5 Å². The monoisotopic (exact) mass is 332 g/mol. The van der Waals surface area contributed by atoms with Crippen LogP contribution in [0.2, 0.25) is 5.02 Å². The lowest BCUT2D eigenvalue weighted by Crippen LogP contribution is -2.28. The molecule has 22 heavy (non-hydrogen) atoms. The molecule has 5 heteroatoms. The number of carbonyl (C=O) groups is 1. The van der Waals surface area contributed by atoms with Crippen LogP contribution in [0.15, 0.2) is 48.7 Å². The molecule has 1 N–H and O–H groups in total. The molecule has 1 amide bonds. The van der Waals surface area contributed by atoms with E-state index in [0.29, 0.717) is 11.7 Å². The smallest absolute Gasteiger partial charge is 0.230 e. The van der Waals surface area contributed by atoms with Crippen molar-refractivity contribution in [2.75, 3.05) is 5.75 Å². The molecule has 0 saturated heterocycles. The first-order chi connectivity index (χ1) is 10.7. The maximum atomic E-state index is 12.0. The van der Waals surface area contributed by atoms with Crippen LogP contribution in [0, 0.1) is 0 Å². The number of benzene rings is 1. The zero-order chi connectivity index (χ0) is 15.4. The van der Waals surface area contributed by atoms with Gasteiger partial charge in [-0.05, 0) is 30.2 Å². The van der Waals surface area contributed by atoms with Crippen molar-refractivity contribution in [1.82, 2.24) is 10.3 Å². The number of nitrogens with zero attached hydrogens (tertiary/aromatic N) is 1. The van der Waals surface area contributed by atoms with Crippen LogP contribution in [-0.2, 0) is 10.5 Å². The summed E-state index contributed by atoms with van der Waals surface area (Å²) in [5, 5.41) is 3.86. The molecule has 0 radical (unpaired) electrons. The Labute approximate surface area is 139 Å². The normalized spacial score (nSPS) is 19.7. The summed E-state index contributed by atoms with van der Waals surface area (Å²) >= 11 is 7.77. The van der Waals surface area contributed by atoms with Crippen molar-refractivity contribution in [2.24, 2.45) is 0 Å². The number of amides is 1. The molecule has 0 aliphatic heterocycles. The molecule has 1 aromatic carbocycles. The molecule has 1 fully saturated rings. The fourth-order valence-corrected chi connectivity index (χ4v) is 3.48. The van der Waals surface area contributed by atoms with E-state index in [1.807, 2.05) is 42.5 Å². The number of pyridine rings is 1. The topological polar surface area (TPSA) is 42.0 Å². The summed E-state index contributed by atoms with van der Waals surface area (Å²) in [7, 11) is 0. The van der Waals surface area contributed by atoms with Crippen molar-refractivity contribution in [2.45, 2.75) is 24.1 Å². The van der Waals surface area contributed by atoms with E-state index in [-0.39, 0.29) is 11.9 Å². The standard InChI is InChI=1S/C17H17ClN2OS/c18-15-7-2-1-6-13(15)14-9-16(14)20-17(21)11-22-10-12-5-3-4-8-19-12/h1-8,14,16H,9-11H2,(H,20,21). The van der Waals surface area contributed by atoms with Gasteiger partial charge in [0.15, 0.2) is 0 Å². The lowest BCUT2D eigenvalue weighted by atomic mass is 10.1. The zero-order valence-electron chi connectivity index (χ0n) is 12.0. The van der Waals surface area contributed by atoms with Crippen LogP contribution in [0.25, 0.3) is 0 Å². The second kappa shape index (κ2) is 7.16. The quantitative estimate of drug-likeness (QED) is 0.878. The number of carbonyl (C=O) groups excluding carboxylic acids is 1. The summed E-state index contributed by atoms with van der Waals surface area (Å²) in [6, 6.07) is 13.9. The number of halogens is 1. The number of rotatable bonds is 6. The summed E-state index contributed by atoms with van der Waals surface area (Å²) in [5.74, 6) is 1.66. The van der Waals surface area contributed by atoms with E-state index in [2.05, 4.69) is 10.3 Å². The fraction of sp³-hybridized carbons (Fsp3) is 0.294. The van der Waals surface area contributed by atoms with Gasteiger partial charge >= 0.3 is 0 Å². The molecule has 2 aromatic rings. The van der Waals surface area contributed by atoms with Crippen molar-refractivity contribution in [3.05, 3.63) is 64.9 Å². The maximum absolute atomic E-state index is 12.0. The maximum Gasteiger partial charge on any atom is 0.230 e. The lowest BCUT2D eigenvalue weighted by Gasteiger charge is -2.06. The Morgan fingerprint density at radius 3 is 2.86 bits per heavy atom. The Bertz CT molecular complexity index is 650. The minimum Gasteiger partial charge on any atom is -0.352 e. The van der Waals surface area contributed by atoms with Crippen LogP contribution in [-0.4, -0.2) is 22.7 Å². The first kappa shape index (κ1) is 15.4. The number of aromatic nitrogens is 1. The molecule has 1 aromatic heterocycles. The van der Waals surface area contributed by atoms with Crippen molar-refractivity contribution in [3.63, 3.8) is 0 Å². The summed E-state index contributed by atoms with van der Waals surface area (Å²) in [5.41, 5.74) is 2.14. The number of hydrogen-bond donors (Lipinski definition) is 1. The van der Waals surface area contributed by atoms with Crippen molar-refractivity contribution < 1.29 is 4.79 Å². The summed E-state index contributed by atoms with van der Waals surface area (Å²) in [6.45, 7) is 0. The highest BCUT2D eigenvalue weighted by Crippen LogP contribution is 2.43. The van der Waals surface area contributed by atoms with E-state index in [1.54, 1.807) is 18.0 Å². The van der Waals surface area contributed by atoms with Gasteiger partial charge < -0.3 is 5.32 Å². The van der Waals surface area contributed by atoms with Gasteiger partial charge in [-0.1, -0.05) is 35.9 Å². The largest absolute Gasteiger partial charge is 0.352 e. The van der Waals surface area contributed by atoms with Crippen LogP contribution in [0.1, 0.15) is 23.6 Å². The first-order valence-corrected chi connectivity index (χ1v) is 8.79. The molecule has 2 unspecified atom stereocenters. The van der Waals surface area contributed by atoms with Gasteiger partial charge in [-0.15, -0.1) is 11.8 Å². The van der Waals surface area contributed by atoms with Gasteiger partial charge in [0.05, 0.1) is 11.4 Å². The summed E-state index contributed by atoms with van der Waals surface area (Å²) in [4.78, 5) is 16.2. The highest BCUT2D eigenvalue weighted by atomic mass is 35.5. The van der Waals surface area contributed by atoms with Gasteiger partial charge in [-0.3, -0.25) is 9.78 Å². The third-order valence-corrected chi connectivity index (χ3v) is 4.96. The second-order valence-electron chi connectivity index (χ2n) is 5.35. The fourth-order valence-electron chi connectivity index (χ4n) is 2.45.